The van der Waals surface area contributed by atoms with Gasteiger partial charge in [-0.05, 0) is 12.1 Å². The summed E-state index contributed by atoms with van der Waals surface area (Å²) in [5.41, 5.74) is 0.834. The number of aromatic hydroxyl groups is 1. The molecule has 1 N–H and O–H groups in total. The van der Waals surface area contributed by atoms with Crippen molar-refractivity contribution < 1.29 is 9.84 Å². The third-order valence-corrected chi connectivity index (χ3v) is 2.00. The highest BCUT2D eigenvalue weighted by molar-refractivity contribution is 5.37. The van der Waals surface area contributed by atoms with Crippen LogP contribution in [0.25, 0.3) is 0 Å². The van der Waals surface area contributed by atoms with Gasteiger partial charge in [0.2, 0.25) is 0 Å². The molecule has 2 aromatic rings. The monoisotopic (exact) mass is 204 g/mol. The van der Waals surface area contributed by atoms with E-state index in [9.17, 15) is 5.11 Å². The second-order valence-corrected chi connectivity index (χ2v) is 3.29. The van der Waals surface area contributed by atoms with Crippen molar-refractivity contribution >= 4 is 0 Å². The van der Waals surface area contributed by atoms with Crippen LogP contribution in [-0.4, -0.2) is 14.7 Å². The van der Waals surface area contributed by atoms with Crippen molar-refractivity contribution in [2.45, 2.75) is 6.61 Å². The zero-order valence-corrected chi connectivity index (χ0v) is 8.42. The van der Waals surface area contributed by atoms with Crippen LogP contribution in [0.4, 0.5) is 0 Å². The average Bonchev–Trinajstić information content (AvgIpc) is 2.63. The molecule has 15 heavy (non-hydrogen) atoms. The van der Waals surface area contributed by atoms with Gasteiger partial charge in [-0.15, -0.1) is 0 Å². The lowest BCUT2D eigenvalue weighted by atomic mass is 10.3. The topological polar surface area (TPSA) is 47.3 Å². The van der Waals surface area contributed by atoms with Crippen LogP contribution in [0.1, 0.15) is 5.69 Å². The van der Waals surface area contributed by atoms with Gasteiger partial charge in [0.15, 0.2) is 11.5 Å². The van der Waals surface area contributed by atoms with Crippen molar-refractivity contribution in [3.63, 3.8) is 0 Å². The van der Waals surface area contributed by atoms with E-state index in [1.807, 2.05) is 23.9 Å². The van der Waals surface area contributed by atoms with Gasteiger partial charge in [0.1, 0.15) is 6.61 Å². The Balaban J connectivity index is 2.02. The summed E-state index contributed by atoms with van der Waals surface area (Å²) in [4.78, 5) is 4.12. The number of aromatic nitrogens is 2. The first-order chi connectivity index (χ1) is 7.25. The van der Waals surface area contributed by atoms with Crippen LogP contribution < -0.4 is 4.74 Å². The molecule has 1 aromatic heterocycles. The number of aryl methyl sites for hydroxylation is 1. The minimum Gasteiger partial charge on any atom is -0.504 e. The van der Waals surface area contributed by atoms with Gasteiger partial charge < -0.3 is 14.4 Å². The minimum absolute atomic E-state index is 0.147. The zero-order valence-electron chi connectivity index (χ0n) is 8.42. The number of nitrogens with zero attached hydrogens (tertiary/aromatic N) is 2. The Morgan fingerprint density at radius 3 is 2.87 bits per heavy atom. The minimum atomic E-state index is 0.147. The van der Waals surface area contributed by atoms with Gasteiger partial charge in [-0.1, -0.05) is 12.1 Å². The summed E-state index contributed by atoms with van der Waals surface area (Å²) in [5.74, 6) is 0.622. The molecule has 0 aliphatic heterocycles. The van der Waals surface area contributed by atoms with Crippen LogP contribution in [0.2, 0.25) is 0 Å². The van der Waals surface area contributed by atoms with E-state index in [4.69, 9.17) is 4.74 Å². The van der Waals surface area contributed by atoms with Crippen molar-refractivity contribution in [2.75, 3.05) is 0 Å². The number of hydrogen-bond acceptors (Lipinski definition) is 3. The Labute approximate surface area is 87.8 Å². The number of phenolic OH excluding ortho intramolecular Hbond substituents is 1. The van der Waals surface area contributed by atoms with E-state index in [1.165, 1.54) is 0 Å². The van der Waals surface area contributed by atoms with Gasteiger partial charge in [0.25, 0.3) is 0 Å². The molecule has 1 heterocycles. The second-order valence-electron chi connectivity index (χ2n) is 3.29. The smallest absolute Gasteiger partial charge is 0.161 e. The highest BCUT2D eigenvalue weighted by atomic mass is 16.5. The highest BCUT2D eigenvalue weighted by Gasteiger charge is 2.02. The fraction of sp³-hybridized carbons (Fsp3) is 0.182. The Morgan fingerprint density at radius 2 is 2.20 bits per heavy atom. The number of phenols is 1. The Kier molecular flexibility index (Phi) is 2.58. The average molecular weight is 204 g/mol. The molecule has 78 valence electrons. The van der Waals surface area contributed by atoms with Crippen LogP contribution in [0.15, 0.2) is 36.8 Å². The lowest BCUT2D eigenvalue weighted by Gasteiger charge is -2.05. The summed E-state index contributed by atoms with van der Waals surface area (Å²) in [5, 5.41) is 9.44. The molecule has 4 heteroatoms. The summed E-state index contributed by atoms with van der Waals surface area (Å²) >= 11 is 0. The molecule has 0 atom stereocenters. The third kappa shape index (κ3) is 2.28. The molecule has 2 rings (SSSR count). The summed E-state index contributed by atoms with van der Waals surface area (Å²) in [6.07, 6.45) is 3.59. The van der Waals surface area contributed by atoms with Crippen LogP contribution >= 0.6 is 0 Å². The molecule has 0 saturated carbocycles. The second kappa shape index (κ2) is 4.04. The van der Waals surface area contributed by atoms with Crippen molar-refractivity contribution in [1.82, 2.24) is 9.55 Å². The van der Waals surface area contributed by atoms with Gasteiger partial charge >= 0.3 is 0 Å². The van der Waals surface area contributed by atoms with Crippen LogP contribution in [0, 0.1) is 0 Å². The number of hydrogen-bond donors (Lipinski definition) is 1. The maximum atomic E-state index is 9.44. The summed E-state index contributed by atoms with van der Waals surface area (Å²) < 4.78 is 7.26. The molecule has 0 spiro atoms. The normalized spacial score (nSPS) is 10.2. The molecule has 0 unspecified atom stereocenters. The van der Waals surface area contributed by atoms with Crippen molar-refractivity contribution in [3.8, 4) is 11.5 Å². The molecular formula is C11H12N2O2. The number of imidazole rings is 1. The SMILES string of the molecule is Cn1cnc(COc2ccccc2O)c1. The molecule has 0 bridgehead atoms. The molecule has 4 nitrogen and oxygen atoms in total. The van der Waals surface area contributed by atoms with E-state index < -0.39 is 0 Å². The van der Waals surface area contributed by atoms with Crippen molar-refractivity contribution in [1.29, 1.82) is 0 Å². The number of ether oxygens (including phenoxy) is 1. The lowest BCUT2D eigenvalue weighted by Crippen LogP contribution is -1.95. The largest absolute Gasteiger partial charge is 0.504 e. The Bertz CT molecular complexity index is 451. The standard InChI is InChI=1S/C11H12N2O2/c1-13-6-9(12-8-13)7-15-11-5-3-2-4-10(11)14/h2-6,8,14H,7H2,1H3. The molecule has 0 aliphatic rings. The lowest BCUT2D eigenvalue weighted by molar-refractivity contribution is 0.285. The maximum absolute atomic E-state index is 9.44. The van der Waals surface area contributed by atoms with Gasteiger partial charge in [0, 0.05) is 13.2 Å². The van der Waals surface area contributed by atoms with Crippen LogP contribution in [0.3, 0.4) is 0 Å². The van der Waals surface area contributed by atoms with E-state index in [0.717, 1.165) is 5.69 Å². The molecule has 0 aliphatic carbocycles. The number of benzene rings is 1. The van der Waals surface area contributed by atoms with Gasteiger partial charge in [-0.2, -0.15) is 0 Å². The first kappa shape index (κ1) is 9.58. The molecule has 0 saturated heterocycles. The van der Waals surface area contributed by atoms with Crippen LogP contribution in [0.5, 0.6) is 11.5 Å². The van der Waals surface area contributed by atoms with E-state index in [-0.39, 0.29) is 5.75 Å². The van der Waals surface area contributed by atoms with Gasteiger partial charge in [-0.25, -0.2) is 4.98 Å². The Morgan fingerprint density at radius 1 is 1.40 bits per heavy atom. The highest BCUT2D eigenvalue weighted by Crippen LogP contribution is 2.24. The summed E-state index contributed by atoms with van der Waals surface area (Å²) in [6, 6.07) is 6.88. The van der Waals surface area contributed by atoms with E-state index >= 15 is 0 Å². The predicted octanol–water partition coefficient (Wildman–Crippen LogP) is 1.70. The van der Waals surface area contributed by atoms with Crippen LogP contribution in [-0.2, 0) is 13.7 Å². The predicted molar refractivity (Wildman–Crippen MR) is 55.6 cm³/mol. The van der Waals surface area contributed by atoms with E-state index in [2.05, 4.69) is 4.98 Å². The van der Waals surface area contributed by atoms with Gasteiger partial charge in [0.05, 0.1) is 12.0 Å². The number of para-hydroxylation sites is 2. The quantitative estimate of drug-likeness (QED) is 0.827. The molecule has 0 amide bonds. The summed E-state index contributed by atoms with van der Waals surface area (Å²) in [7, 11) is 1.90. The molecular weight excluding hydrogens is 192 g/mol. The zero-order chi connectivity index (χ0) is 10.7. The first-order valence-corrected chi connectivity index (χ1v) is 4.63. The van der Waals surface area contributed by atoms with Crippen molar-refractivity contribution in [3.05, 3.63) is 42.5 Å². The fourth-order valence-corrected chi connectivity index (χ4v) is 1.27. The number of rotatable bonds is 3. The molecule has 0 fully saturated rings. The first-order valence-electron chi connectivity index (χ1n) is 4.63. The Hall–Kier alpha value is -1.97. The maximum Gasteiger partial charge on any atom is 0.161 e. The third-order valence-electron chi connectivity index (χ3n) is 2.00. The van der Waals surface area contributed by atoms with Gasteiger partial charge in [-0.3, -0.25) is 0 Å². The van der Waals surface area contributed by atoms with E-state index in [1.54, 1.807) is 24.5 Å². The van der Waals surface area contributed by atoms with Crippen molar-refractivity contribution in [2.24, 2.45) is 7.05 Å². The molecule has 0 radical (unpaired) electrons. The van der Waals surface area contributed by atoms with E-state index in [0.29, 0.717) is 12.4 Å². The fourth-order valence-electron chi connectivity index (χ4n) is 1.27. The molecule has 1 aromatic carbocycles. The summed E-state index contributed by atoms with van der Waals surface area (Å²) in [6.45, 7) is 0.360.